The third kappa shape index (κ3) is 3.07. The second-order valence-electron chi connectivity index (χ2n) is 7.88. The molecule has 0 bridgehead atoms. The zero-order chi connectivity index (χ0) is 18.1. The quantitative estimate of drug-likeness (QED) is 0.804. The molecule has 3 aliphatic rings. The number of ether oxygens (including phenoxy) is 1. The molecule has 6 heteroatoms. The van der Waals surface area contributed by atoms with Crippen molar-refractivity contribution in [2.75, 3.05) is 44.9 Å². The summed E-state index contributed by atoms with van der Waals surface area (Å²) < 4.78 is 5.22. The minimum atomic E-state index is -0.346. The van der Waals surface area contributed by atoms with Crippen LogP contribution in [0.15, 0.2) is 24.3 Å². The Morgan fingerprint density at radius 2 is 1.73 bits per heavy atom. The van der Waals surface area contributed by atoms with Crippen molar-refractivity contribution >= 4 is 17.5 Å². The zero-order valence-electron chi connectivity index (χ0n) is 15.5. The van der Waals surface area contributed by atoms with Gasteiger partial charge in [0.1, 0.15) is 5.75 Å². The van der Waals surface area contributed by atoms with E-state index in [2.05, 4.69) is 17.0 Å². The number of amides is 2. The third-order valence-electron chi connectivity index (χ3n) is 6.34. The number of imide groups is 1. The summed E-state index contributed by atoms with van der Waals surface area (Å²) in [7, 11) is 1.67. The first-order chi connectivity index (χ1) is 12.6. The number of rotatable bonds is 4. The molecule has 1 aromatic rings. The Balaban J connectivity index is 1.33. The number of likely N-dealkylation sites (tertiary alicyclic amines) is 1. The SMILES string of the molecule is COc1ccc(N2CC[NH+](CN3C(=O)CC4(CCCC4)C3=O)CC2)cc1. The van der Waals surface area contributed by atoms with Gasteiger partial charge in [-0.15, -0.1) is 0 Å². The van der Waals surface area contributed by atoms with E-state index in [0.717, 1.165) is 57.6 Å². The molecule has 1 N–H and O–H groups in total. The highest BCUT2D eigenvalue weighted by atomic mass is 16.5. The van der Waals surface area contributed by atoms with E-state index in [-0.39, 0.29) is 17.2 Å². The van der Waals surface area contributed by atoms with Gasteiger partial charge in [-0.1, -0.05) is 12.8 Å². The molecule has 0 radical (unpaired) electrons. The van der Waals surface area contributed by atoms with Gasteiger partial charge in [0.2, 0.25) is 11.8 Å². The van der Waals surface area contributed by atoms with Crippen LogP contribution in [0, 0.1) is 5.41 Å². The molecule has 1 aliphatic carbocycles. The number of nitrogens with one attached hydrogen (secondary N) is 1. The van der Waals surface area contributed by atoms with Crippen molar-refractivity contribution in [2.45, 2.75) is 32.1 Å². The number of nitrogens with zero attached hydrogens (tertiary/aromatic N) is 2. The van der Waals surface area contributed by atoms with E-state index in [1.54, 1.807) is 12.0 Å². The van der Waals surface area contributed by atoms with Crippen LogP contribution in [0.2, 0.25) is 0 Å². The molecule has 6 nitrogen and oxygen atoms in total. The van der Waals surface area contributed by atoms with E-state index in [1.807, 2.05) is 12.1 Å². The lowest BCUT2D eigenvalue weighted by Gasteiger charge is -2.35. The van der Waals surface area contributed by atoms with Gasteiger partial charge in [-0.05, 0) is 37.1 Å². The fourth-order valence-electron chi connectivity index (χ4n) is 4.72. The van der Waals surface area contributed by atoms with Crippen LogP contribution in [-0.4, -0.2) is 56.7 Å². The highest BCUT2D eigenvalue weighted by Crippen LogP contribution is 2.46. The summed E-state index contributed by atoms with van der Waals surface area (Å²) in [4.78, 5) is 30.5. The minimum Gasteiger partial charge on any atom is -0.497 e. The van der Waals surface area contributed by atoms with Crippen LogP contribution in [0.3, 0.4) is 0 Å². The first kappa shape index (κ1) is 17.3. The number of piperazine rings is 1. The molecular weight excluding hydrogens is 330 g/mol. The van der Waals surface area contributed by atoms with Crippen molar-refractivity contribution in [2.24, 2.45) is 5.41 Å². The number of anilines is 1. The van der Waals surface area contributed by atoms with E-state index in [1.165, 1.54) is 10.6 Å². The molecule has 0 unspecified atom stereocenters. The Bertz CT molecular complexity index is 674. The van der Waals surface area contributed by atoms with Crippen LogP contribution < -0.4 is 14.5 Å². The van der Waals surface area contributed by atoms with Crippen molar-refractivity contribution in [1.82, 2.24) is 4.90 Å². The summed E-state index contributed by atoms with van der Waals surface area (Å²) >= 11 is 0. The zero-order valence-corrected chi connectivity index (χ0v) is 15.5. The maximum absolute atomic E-state index is 12.8. The number of quaternary nitrogens is 1. The summed E-state index contributed by atoms with van der Waals surface area (Å²) in [5.41, 5.74) is 0.852. The Kier molecular flexibility index (Phi) is 4.61. The molecule has 3 fully saturated rings. The van der Waals surface area contributed by atoms with E-state index in [9.17, 15) is 9.59 Å². The number of methoxy groups -OCH3 is 1. The standard InChI is InChI=1S/C20H27N3O3/c1-26-17-6-4-16(5-7-17)22-12-10-21(11-13-22)15-23-18(24)14-20(19(23)25)8-2-3-9-20/h4-7H,2-3,8-15H2,1H3/p+1. The van der Waals surface area contributed by atoms with Crippen LogP contribution in [0.5, 0.6) is 5.75 Å². The van der Waals surface area contributed by atoms with Gasteiger partial charge in [0.15, 0.2) is 6.67 Å². The molecule has 2 aliphatic heterocycles. The molecule has 140 valence electrons. The molecule has 2 heterocycles. The molecule has 2 amide bonds. The van der Waals surface area contributed by atoms with Gasteiger partial charge in [-0.3, -0.25) is 9.59 Å². The van der Waals surface area contributed by atoms with Crippen molar-refractivity contribution in [1.29, 1.82) is 0 Å². The number of carbonyl (C=O) groups excluding carboxylic acids is 2. The summed E-state index contributed by atoms with van der Waals surface area (Å²) in [5.74, 6) is 1.01. The summed E-state index contributed by atoms with van der Waals surface area (Å²) in [6.07, 6.45) is 4.40. The predicted octanol–water partition coefficient (Wildman–Crippen LogP) is 0.677. The second-order valence-corrected chi connectivity index (χ2v) is 7.88. The smallest absolute Gasteiger partial charge is 0.240 e. The van der Waals surface area contributed by atoms with E-state index in [0.29, 0.717) is 13.1 Å². The third-order valence-corrected chi connectivity index (χ3v) is 6.34. The molecule has 4 rings (SSSR count). The fraction of sp³-hybridized carbons (Fsp3) is 0.600. The Labute approximate surface area is 154 Å². The molecule has 0 aromatic heterocycles. The summed E-state index contributed by atoms with van der Waals surface area (Å²) in [6, 6.07) is 8.14. The van der Waals surface area contributed by atoms with Gasteiger partial charge in [-0.25, -0.2) is 4.90 Å². The highest BCUT2D eigenvalue weighted by Gasteiger charge is 2.53. The predicted molar refractivity (Wildman–Crippen MR) is 98.1 cm³/mol. The van der Waals surface area contributed by atoms with Crippen LogP contribution in [0.4, 0.5) is 5.69 Å². The lowest BCUT2D eigenvalue weighted by atomic mass is 9.85. The van der Waals surface area contributed by atoms with E-state index >= 15 is 0 Å². The first-order valence-corrected chi connectivity index (χ1v) is 9.69. The van der Waals surface area contributed by atoms with Crippen LogP contribution in [0.25, 0.3) is 0 Å². The molecule has 1 aromatic carbocycles. The topological polar surface area (TPSA) is 54.3 Å². The largest absolute Gasteiger partial charge is 0.497 e. The average molecular weight is 358 g/mol. The Morgan fingerprint density at radius 3 is 2.35 bits per heavy atom. The normalized spacial score (nSPS) is 23.3. The fourth-order valence-corrected chi connectivity index (χ4v) is 4.72. The number of carbonyl (C=O) groups is 2. The average Bonchev–Trinajstić information content (AvgIpc) is 3.23. The summed E-state index contributed by atoms with van der Waals surface area (Å²) in [5, 5.41) is 0. The number of benzene rings is 1. The number of hydrogen-bond donors (Lipinski definition) is 1. The van der Waals surface area contributed by atoms with Crippen LogP contribution in [0.1, 0.15) is 32.1 Å². The van der Waals surface area contributed by atoms with Gasteiger partial charge >= 0.3 is 0 Å². The van der Waals surface area contributed by atoms with Crippen molar-refractivity contribution in [3.05, 3.63) is 24.3 Å². The monoisotopic (exact) mass is 358 g/mol. The molecule has 1 saturated carbocycles. The van der Waals surface area contributed by atoms with Crippen LogP contribution >= 0.6 is 0 Å². The van der Waals surface area contributed by atoms with E-state index < -0.39 is 0 Å². The molecule has 1 spiro atoms. The van der Waals surface area contributed by atoms with Gasteiger partial charge in [0, 0.05) is 12.1 Å². The lowest BCUT2D eigenvalue weighted by molar-refractivity contribution is -0.908. The maximum atomic E-state index is 12.8. The number of hydrogen-bond acceptors (Lipinski definition) is 4. The second kappa shape index (κ2) is 6.91. The molecular formula is C20H28N3O3+. The van der Waals surface area contributed by atoms with Crippen molar-refractivity contribution in [3.8, 4) is 5.75 Å². The van der Waals surface area contributed by atoms with Crippen molar-refractivity contribution in [3.63, 3.8) is 0 Å². The van der Waals surface area contributed by atoms with Gasteiger partial charge < -0.3 is 14.5 Å². The molecule has 2 saturated heterocycles. The van der Waals surface area contributed by atoms with Crippen LogP contribution in [-0.2, 0) is 9.59 Å². The summed E-state index contributed by atoms with van der Waals surface area (Å²) in [6.45, 7) is 4.29. The lowest BCUT2D eigenvalue weighted by Crippen LogP contribution is -3.16. The molecule has 26 heavy (non-hydrogen) atoms. The Morgan fingerprint density at radius 1 is 1.08 bits per heavy atom. The van der Waals surface area contributed by atoms with Gasteiger partial charge in [0.25, 0.3) is 0 Å². The van der Waals surface area contributed by atoms with Crippen molar-refractivity contribution < 1.29 is 19.2 Å². The Hall–Kier alpha value is -2.08. The minimum absolute atomic E-state index is 0.0435. The maximum Gasteiger partial charge on any atom is 0.240 e. The van der Waals surface area contributed by atoms with Gasteiger partial charge in [0.05, 0.1) is 38.7 Å². The van der Waals surface area contributed by atoms with Gasteiger partial charge in [-0.2, -0.15) is 0 Å². The first-order valence-electron chi connectivity index (χ1n) is 9.69. The molecule has 0 atom stereocenters. The highest BCUT2D eigenvalue weighted by molar-refractivity contribution is 6.05. The van der Waals surface area contributed by atoms with E-state index in [4.69, 9.17) is 4.74 Å².